The van der Waals surface area contributed by atoms with E-state index < -0.39 is 34.8 Å². The largest absolute Gasteiger partial charge is 0.508 e. The lowest BCUT2D eigenvalue weighted by Gasteiger charge is -2.46. The molecular weight excluding hydrogens is 458 g/mol. The van der Waals surface area contributed by atoms with E-state index in [0.29, 0.717) is 24.0 Å². The summed E-state index contributed by atoms with van der Waals surface area (Å²) in [6.07, 6.45) is 2.87. The molecule has 4 rings (SSSR count). The van der Waals surface area contributed by atoms with Crippen LogP contribution in [0.5, 0.6) is 5.75 Å². The van der Waals surface area contributed by atoms with Crippen LogP contribution < -0.4 is 4.90 Å². The standard InChI is InChI=1S/C29H37NO6/c1-7-10-28(3,4)14-21(32)22-15(2)11-17-12-16-13-18-19(30(5)6)8-9-20(31)24(18)25(33)23(16)27(35)29(17,36)26(22)34/h8-9,16-17,31,35-36H,7,10-14H2,1-6H3. The number of carbonyl (C=O) groups is 3. The molecule has 3 aliphatic carbocycles. The monoisotopic (exact) mass is 495 g/mol. The Morgan fingerprint density at radius 3 is 2.44 bits per heavy atom. The summed E-state index contributed by atoms with van der Waals surface area (Å²) in [6.45, 7) is 7.74. The third kappa shape index (κ3) is 3.88. The van der Waals surface area contributed by atoms with Gasteiger partial charge >= 0.3 is 0 Å². The fourth-order valence-electron chi connectivity index (χ4n) is 6.62. The molecular formula is C29H37NO6. The fourth-order valence-corrected chi connectivity index (χ4v) is 6.62. The summed E-state index contributed by atoms with van der Waals surface area (Å²) in [7, 11) is 3.71. The van der Waals surface area contributed by atoms with Gasteiger partial charge < -0.3 is 20.2 Å². The van der Waals surface area contributed by atoms with Gasteiger partial charge in [-0.1, -0.05) is 32.8 Å². The smallest absolute Gasteiger partial charge is 0.205 e. The molecule has 36 heavy (non-hydrogen) atoms. The molecule has 7 nitrogen and oxygen atoms in total. The Morgan fingerprint density at radius 1 is 1.17 bits per heavy atom. The third-order valence-electron chi connectivity index (χ3n) is 8.25. The highest BCUT2D eigenvalue weighted by molar-refractivity contribution is 6.25. The summed E-state index contributed by atoms with van der Waals surface area (Å²) >= 11 is 0. The molecule has 0 spiro atoms. The molecule has 7 heteroatoms. The first-order valence-corrected chi connectivity index (χ1v) is 12.7. The van der Waals surface area contributed by atoms with Crippen molar-refractivity contribution in [2.75, 3.05) is 19.0 Å². The predicted octanol–water partition coefficient (Wildman–Crippen LogP) is 4.45. The van der Waals surface area contributed by atoms with Gasteiger partial charge in [0.2, 0.25) is 5.78 Å². The normalized spacial score (nSPS) is 26.0. The highest BCUT2D eigenvalue weighted by Crippen LogP contribution is 2.52. The number of rotatable bonds is 6. The van der Waals surface area contributed by atoms with E-state index in [1.165, 1.54) is 6.07 Å². The Hall–Kier alpha value is -2.93. The number of nitrogens with zero attached hydrogens (tertiary/aromatic N) is 1. The van der Waals surface area contributed by atoms with E-state index in [2.05, 4.69) is 0 Å². The molecule has 0 amide bonds. The lowest BCUT2D eigenvalue weighted by Crippen LogP contribution is -2.56. The number of allylic oxidation sites excluding steroid dienone is 2. The summed E-state index contributed by atoms with van der Waals surface area (Å²) in [5.74, 6) is -3.65. The van der Waals surface area contributed by atoms with Gasteiger partial charge in [-0.2, -0.15) is 0 Å². The number of anilines is 1. The number of aliphatic hydroxyl groups excluding tert-OH is 1. The van der Waals surface area contributed by atoms with E-state index in [1.807, 2.05) is 39.8 Å². The van der Waals surface area contributed by atoms with E-state index >= 15 is 0 Å². The Morgan fingerprint density at radius 2 is 1.83 bits per heavy atom. The number of phenolic OH excluding ortho intramolecular Hbond substituents is 1. The minimum absolute atomic E-state index is 0.0292. The Bertz CT molecular complexity index is 1220. The quantitative estimate of drug-likeness (QED) is 0.500. The van der Waals surface area contributed by atoms with Crippen LogP contribution in [0.4, 0.5) is 5.69 Å². The molecule has 3 atom stereocenters. The summed E-state index contributed by atoms with van der Waals surface area (Å²) < 4.78 is 0. The molecule has 0 fully saturated rings. The number of ketones is 3. The SMILES string of the molecule is CCCC(C)(C)CC(=O)C1=C(C)CC2CC3Cc4c(N(C)C)ccc(O)c4C(=O)C3=C(O)C2(O)C1=O. The molecule has 0 aliphatic heterocycles. The van der Waals surface area contributed by atoms with Gasteiger partial charge in [-0.25, -0.2) is 0 Å². The molecule has 0 saturated carbocycles. The predicted molar refractivity (Wildman–Crippen MR) is 137 cm³/mol. The third-order valence-corrected chi connectivity index (χ3v) is 8.25. The minimum Gasteiger partial charge on any atom is -0.508 e. The van der Waals surface area contributed by atoms with Crippen molar-refractivity contribution in [2.45, 2.75) is 71.8 Å². The molecule has 0 radical (unpaired) electrons. The number of aromatic hydroxyl groups is 1. The molecule has 3 N–H and O–H groups in total. The molecule has 0 aromatic heterocycles. The van der Waals surface area contributed by atoms with Crippen LogP contribution in [0.25, 0.3) is 0 Å². The van der Waals surface area contributed by atoms with Crippen LogP contribution in [0.3, 0.4) is 0 Å². The van der Waals surface area contributed by atoms with Gasteiger partial charge in [0.15, 0.2) is 17.2 Å². The summed E-state index contributed by atoms with van der Waals surface area (Å²) in [6, 6.07) is 3.20. The second-order valence-electron chi connectivity index (χ2n) is 11.7. The molecule has 3 aliphatic rings. The van der Waals surface area contributed by atoms with Gasteiger partial charge in [-0.05, 0) is 61.6 Å². The highest BCUT2D eigenvalue weighted by Gasteiger charge is 2.59. The second kappa shape index (κ2) is 8.87. The van der Waals surface area contributed by atoms with Crippen molar-refractivity contribution in [3.8, 4) is 5.75 Å². The first-order chi connectivity index (χ1) is 16.7. The topological polar surface area (TPSA) is 115 Å². The van der Waals surface area contributed by atoms with Gasteiger partial charge in [-0.3, -0.25) is 14.4 Å². The van der Waals surface area contributed by atoms with E-state index in [1.54, 1.807) is 13.0 Å². The van der Waals surface area contributed by atoms with Crippen LogP contribution in [-0.2, 0) is 16.0 Å². The number of hydrogen-bond donors (Lipinski definition) is 3. The number of fused-ring (bicyclic) bond motifs is 3. The van der Waals surface area contributed by atoms with Crippen molar-refractivity contribution in [2.24, 2.45) is 17.3 Å². The van der Waals surface area contributed by atoms with Crippen LogP contribution in [-0.4, -0.2) is 52.4 Å². The van der Waals surface area contributed by atoms with Crippen molar-refractivity contribution < 1.29 is 29.7 Å². The summed E-state index contributed by atoms with van der Waals surface area (Å²) in [4.78, 5) is 42.5. The fraction of sp³-hybridized carbons (Fsp3) is 0.552. The van der Waals surface area contributed by atoms with Crippen molar-refractivity contribution in [3.05, 3.63) is 45.7 Å². The van der Waals surface area contributed by atoms with E-state index in [0.717, 1.165) is 18.5 Å². The van der Waals surface area contributed by atoms with E-state index in [-0.39, 0.29) is 46.5 Å². The zero-order valence-corrected chi connectivity index (χ0v) is 22.1. The van der Waals surface area contributed by atoms with Crippen molar-refractivity contribution in [1.82, 2.24) is 0 Å². The first kappa shape index (κ1) is 26.1. The zero-order valence-electron chi connectivity index (χ0n) is 22.1. The number of benzene rings is 1. The second-order valence-corrected chi connectivity index (χ2v) is 11.7. The zero-order chi connectivity index (χ0) is 26.7. The number of hydrogen-bond acceptors (Lipinski definition) is 7. The maximum absolute atomic E-state index is 13.7. The Balaban J connectivity index is 1.79. The van der Waals surface area contributed by atoms with Crippen LogP contribution in [0.2, 0.25) is 0 Å². The average molecular weight is 496 g/mol. The summed E-state index contributed by atoms with van der Waals surface area (Å²) in [5, 5.41) is 33.6. The number of Topliss-reactive ketones (excluding diaryl/α,β-unsaturated/α-hetero) is 3. The van der Waals surface area contributed by atoms with E-state index in [9.17, 15) is 29.7 Å². The maximum Gasteiger partial charge on any atom is 0.205 e. The van der Waals surface area contributed by atoms with E-state index in [4.69, 9.17) is 0 Å². The number of phenols is 1. The van der Waals surface area contributed by atoms with Crippen LogP contribution >= 0.6 is 0 Å². The molecule has 3 unspecified atom stereocenters. The van der Waals surface area contributed by atoms with Crippen LogP contribution in [0, 0.1) is 17.3 Å². The lowest BCUT2D eigenvalue weighted by atomic mass is 9.59. The van der Waals surface area contributed by atoms with Gasteiger partial charge in [0.25, 0.3) is 0 Å². The van der Waals surface area contributed by atoms with Gasteiger partial charge in [0.1, 0.15) is 11.5 Å². The first-order valence-electron chi connectivity index (χ1n) is 12.7. The molecule has 0 saturated heterocycles. The van der Waals surface area contributed by atoms with Crippen molar-refractivity contribution >= 4 is 23.0 Å². The molecule has 1 aromatic rings. The molecule has 1 aromatic carbocycles. The Kier molecular flexibility index (Phi) is 6.44. The highest BCUT2D eigenvalue weighted by atomic mass is 16.3. The average Bonchev–Trinajstić information content (AvgIpc) is 2.75. The van der Waals surface area contributed by atoms with Crippen LogP contribution in [0.1, 0.15) is 75.7 Å². The Labute approximate surface area is 212 Å². The van der Waals surface area contributed by atoms with Gasteiger partial charge in [0, 0.05) is 37.7 Å². The van der Waals surface area contributed by atoms with Crippen molar-refractivity contribution in [1.29, 1.82) is 0 Å². The van der Waals surface area contributed by atoms with Gasteiger partial charge in [0.05, 0.1) is 11.1 Å². The van der Waals surface area contributed by atoms with Crippen LogP contribution in [0.15, 0.2) is 34.6 Å². The lowest BCUT2D eigenvalue weighted by molar-refractivity contribution is -0.143. The number of aliphatic hydroxyl groups is 2. The van der Waals surface area contributed by atoms with Crippen molar-refractivity contribution in [3.63, 3.8) is 0 Å². The minimum atomic E-state index is -2.33. The molecule has 0 bridgehead atoms. The summed E-state index contributed by atoms with van der Waals surface area (Å²) in [5.41, 5.74) is -0.502. The molecule has 0 heterocycles. The van der Waals surface area contributed by atoms with Gasteiger partial charge in [-0.15, -0.1) is 0 Å². The maximum atomic E-state index is 13.7. The molecule has 194 valence electrons. The number of carbonyl (C=O) groups excluding carboxylic acids is 3.